The number of carbonyl (C=O) groups is 1. The molecule has 2 fully saturated rings. The van der Waals surface area contributed by atoms with Crippen molar-refractivity contribution in [2.45, 2.75) is 58.9 Å². The fourth-order valence-corrected chi connectivity index (χ4v) is 3.67. The summed E-state index contributed by atoms with van der Waals surface area (Å²) in [5, 5.41) is 0. The molecule has 0 bridgehead atoms. The molecular weight excluding hydrogens is 330 g/mol. The Labute approximate surface area is 152 Å². The second-order valence-electron chi connectivity index (χ2n) is 7.64. The molecule has 0 radical (unpaired) electrons. The summed E-state index contributed by atoms with van der Waals surface area (Å²) >= 11 is 0. The van der Waals surface area contributed by atoms with Crippen LogP contribution in [0.25, 0.3) is 11.2 Å². The number of nitrogens with one attached hydrogen (secondary N) is 2. The maximum absolute atomic E-state index is 12.9. The van der Waals surface area contributed by atoms with Gasteiger partial charge in [-0.1, -0.05) is 13.3 Å². The molecule has 0 aliphatic heterocycles. The molecule has 2 aromatic rings. The molecule has 7 heteroatoms. The Kier molecular flexibility index (Phi) is 4.17. The van der Waals surface area contributed by atoms with Crippen LogP contribution in [0.2, 0.25) is 0 Å². The Hall–Kier alpha value is -2.44. The Bertz CT molecular complexity index is 912. The third-order valence-electron chi connectivity index (χ3n) is 5.57. The third-order valence-corrected chi connectivity index (χ3v) is 5.57. The third kappa shape index (κ3) is 2.95. The number of aromatic nitrogens is 3. The van der Waals surface area contributed by atoms with E-state index in [0.29, 0.717) is 18.1 Å². The number of aryl methyl sites for hydroxylation is 2. The van der Waals surface area contributed by atoms with Gasteiger partial charge in [0, 0.05) is 12.7 Å². The van der Waals surface area contributed by atoms with Gasteiger partial charge in [-0.05, 0) is 56.6 Å². The predicted molar refractivity (Wildman–Crippen MR) is 99.6 cm³/mol. The highest BCUT2D eigenvalue weighted by Gasteiger charge is 2.59. The molecular formula is C19H25N5O2. The first-order chi connectivity index (χ1) is 12.5. The van der Waals surface area contributed by atoms with E-state index >= 15 is 0 Å². The molecule has 0 atom stereocenters. The lowest BCUT2D eigenvalue weighted by atomic mass is 10.0. The summed E-state index contributed by atoms with van der Waals surface area (Å²) < 4.78 is 1.70. The van der Waals surface area contributed by atoms with Gasteiger partial charge in [0.25, 0.3) is 5.56 Å². The maximum atomic E-state index is 12.9. The number of hydrazine groups is 1. The molecule has 7 nitrogen and oxygen atoms in total. The van der Waals surface area contributed by atoms with E-state index in [1.807, 2.05) is 13.0 Å². The fraction of sp³-hybridized carbons (Fsp3) is 0.579. The number of hydrogen-bond acceptors (Lipinski definition) is 5. The highest BCUT2D eigenvalue weighted by atomic mass is 16.2. The number of nitrogens with zero attached hydrogens (tertiary/aromatic N) is 3. The Morgan fingerprint density at radius 1 is 1.38 bits per heavy atom. The van der Waals surface area contributed by atoms with E-state index in [1.54, 1.807) is 10.8 Å². The van der Waals surface area contributed by atoms with Crippen LogP contribution in [0, 0.1) is 18.3 Å². The molecule has 138 valence electrons. The lowest BCUT2D eigenvalue weighted by Gasteiger charge is -2.16. The van der Waals surface area contributed by atoms with Crippen LogP contribution in [-0.2, 0) is 11.3 Å². The van der Waals surface area contributed by atoms with Crippen molar-refractivity contribution in [2.75, 3.05) is 5.43 Å². The van der Waals surface area contributed by atoms with Gasteiger partial charge >= 0.3 is 0 Å². The quantitative estimate of drug-likeness (QED) is 0.745. The lowest BCUT2D eigenvalue weighted by Crippen LogP contribution is -2.40. The smallest absolute Gasteiger partial charge is 0.295 e. The van der Waals surface area contributed by atoms with Gasteiger partial charge in [-0.3, -0.25) is 20.4 Å². The fourth-order valence-electron chi connectivity index (χ4n) is 3.67. The van der Waals surface area contributed by atoms with Gasteiger partial charge in [-0.15, -0.1) is 0 Å². The van der Waals surface area contributed by atoms with Crippen LogP contribution in [0.4, 0.5) is 5.82 Å². The first-order valence-electron chi connectivity index (χ1n) is 9.49. The largest absolute Gasteiger partial charge is 0.302 e. The molecule has 1 amide bonds. The minimum Gasteiger partial charge on any atom is -0.302 e. The zero-order valence-electron chi connectivity index (χ0n) is 15.3. The molecule has 2 aliphatic carbocycles. The van der Waals surface area contributed by atoms with Crippen molar-refractivity contribution in [3.63, 3.8) is 0 Å². The number of fused-ring (bicyclic) bond motifs is 1. The minimum absolute atomic E-state index is 0.0155. The molecule has 2 aromatic heterocycles. The van der Waals surface area contributed by atoms with Crippen LogP contribution in [0.1, 0.15) is 51.0 Å². The normalized spacial score (nSPS) is 17.9. The van der Waals surface area contributed by atoms with Gasteiger partial charge in [0.2, 0.25) is 11.7 Å². The predicted octanol–water partition coefficient (Wildman–Crippen LogP) is 2.53. The number of pyridine rings is 1. The van der Waals surface area contributed by atoms with E-state index in [0.717, 1.165) is 49.6 Å². The zero-order chi connectivity index (χ0) is 18.3. The van der Waals surface area contributed by atoms with Crippen LogP contribution in [0.5, 0.6) is 0 Å². The summed E-state index contributed by atoms with van der Waals surface area (Å²) in [6.45, 7) is 4.64. The number of amides is 1. The van der Waals surface area contributed by atoms with Gasteiger partial charge in [0.1, 0.15) is 0 Å². The highest BCUT2D eigenvalue weighted by Crippen LogP contribution is 2.61. The molecule has 2 heterocycles. The number of hydrogen-bond donors (Lipinski definition) is 2. The lowest BCUT2D eigenvalue weighted by molar-refractivity contribution is -0.126. The van der Waals surface area contributed by atoms with Crippen molar-refractivity contribution in [3.8, 4) is 0 Å². The van der Waals surface area contributed by atoms with Crippen molar-refractivity contribution < 1.29 is 4.79 Å². The molecule has 0 unspecified atom stereocenters. The average Bonchev–Trinajstić information content (AvgIpc) is 3.51. The maximum Gasteiger partial charge on any atom is 0.295 e. The summed E-state index contributed by atoms with van der Waals surface area (Å²) in [6, 6.07) is 1.93. The summed E-state index contributed by atoms with van der Waals surface area (Å²) in [5.74, 6) is 0.628. The van der Waals surface area contributed by atoms with E-state index in [2.05, 4.69) is 27.7 Å². The number of rotatable bonds is 7. The van der Waals surface area contributed by atoms with E-state index in [-0.39, 0.29) is 22.7 Å². The van der Waals surface area contributed by atoms with Crippen molar-refractivity contribution in [1.29, 1.82) is 0 Å². The summed E-state index contributed by atoms with van der Waals surface area (Å²) in [5.41, 5.74) is 7.30. The Balaban J connectivity index is 1.62. The molecule has 4 rings (SSSR count). The topological polar surface area (TPSA) is 88.9 Å². The van der Waals surface area contributed by atoms with Gasteiger partial charge < -0.3 is 4.57 Å². The van der Waals surface area contributed by atoms with Gasteiger partial charge in [-0.2, -0.15) is 0 Å². The monoisotopic (exact) mass is 355 g/mol. The molecule has 2 aliphatic rings. The Morgan fingerprint density at radius 2 is 2.15 bits per heavy atom. The molecule has 0 aromatic carbocycles. The molecule has 2 N–H and O–H groups in total. The molecule has 0 spiro atoms. The van der Waals surface area contributed by atoms with Crippen LogP contribution in [0.15, 0.2) is 17.1 Å². The molecule has 0 saturated heterocycles. The summed E-state index contributed by atoms with van der Waals surface area (Å²) in [4.78, 5) is 34.1. The van der Waals surface area contributed by atoms with E-state index in [9.17, 15) is 9.59 Å². The van der Waals surface area contributed by atoms with Crippen LogP contribution >= 0.6 is 0 Å². The average molecular weight is 355 g/mol. The van der Waals surface area contributed by atoms with Crippen molar-refractivity contribution >= 4 is 22.9 Å². The van der Waals surface area contributed by atoms with E-state index in [4.69, 9.17) is 0 Å². The number of carbonyl (C=O) groups excluding carboxylic acids is 1. The van der Waals surface area contributed by atoms with E-state index < -0.39 is 0 Å². The number of unbranched alkanes of at least 4 members (excludes halogenated alkanes) is 1. The van der Waals surface area contributed by atoms with Crippen molar-refractivity contribution in [2.24, 2.45) is 11.3 Å². The van der Waals surface area contributed by atoms with Gasteiger partial charge in [-0.25, -0.2) is 9.97 Å². The highest BCUT2D eigenvalue weighted by molar-refractivity contribution is 5.87. The first kappa shape index (κ1) is 17.0. The Morgan fingerprint density at radius 3 is 2.81 bits per heavy atom. The molecule has 2 saturated carbocycles. The second kappa shape index (κ2) is 6.37. The molecule has 26 heavy (non-hydrogen) atoms. The van der Waals surface area contributed by atoms with E-state index in [1.165, 1.54) is 0 Å². The second-order valence-corrected chi connectivity index (χ2v) is 7.64. The summed E-state index contributed by atoms with van der Waals surface area (Å²) in [7, 11) is 0. The van der Waals surface area contributed by atoms with Crippen LogP contribution < -0.4 is 16.4 Å². The first-order valence-corrected chi connectivity index (χ1v) is 9.49. The zero-order valence-corrected chi connectivity index (χ0v) is 15.3. The minimum atomic E-state index is -0.227. The van der Waals surface area contributed by atoms with Gasteiger partial charge in [0.05, 0.1) is 10.9 Å². The van der Waals surface area contributed by atoms with Crippen LogP contribution in [0.3, 0.4) is 0 Å². The number of anilines is 1. The van der Waals surface area contributed by atoms with Gasteiger partial charge in [0.15, 0.2) is 5.65 Å². The van der Waals surface area contributed by atoms with Crippen LogP contribution in [-0.4, -0.2) is 20.4 Å². The van der Waals surface area contributed by atoms with Crippen molar-refractivity contribution in [1.82, 2.24) is 20.0 Å². The van der Waals surface area contributed by atoms with Crippen molar-refractivity contribution in [3.05, 3.63) is 28.2 Å². The SMILES string of the molecule is CCCCn1c(=O)c(NNC(=O)C2(C3CC3)CC2)nc2ncc(C)cc21. The summed E-state index contributed by atoms with van der Waals surface area (Å²) in [6.07, 6.45) is 7.76. The standard InChI is InChI=1S/C19H25N5O2/c1-3-4-9-24-14-10-12(2)11-20-15(14)21-16(17(24)25)22-23-18(26)19(7-8-19)13-5-6-13/h10-11,13H,3-9H2,1-2H3,(H,23,26)(H,20,21,22).